The molecule has 4 aliphatic heterocycles. The van der Waals surface area contributed by atoms with Crippen molar-refractivity contribution in [3.05, 3.63) is 65.2 Å². The monoisotopic (exact) mass is 418 g/mol. The average Bonchev–Trinajstić information content (AvgIpc) is 2.71. The largest absolute Gasteiger partial charge is 0.416 e. The minimum absolute atomic E-state index is 0.0693. The molecule has 2 bridgehead atoms. The lowest BCUT2D eigenvalue weighted by Crippen LogP contribution is -2.69. The summed E-state index contributed by atoms with van der Waals surface area (Å²) in [7, 11) is 0. The lowest BCUT2D eigenvalue weighted by molar-refractivity contribution is -0.184. The van der Waals surface area contributed by atoms with Crippen LogP contribution in [0.1, 0.15) is 27.9 Å². The summed E-state index contributed by atoms with van der Waals surface area (Å²) in [5.41, 5.74) is 0.438. The molecule has 2 unspecified atom stereocenters. The van der Waals surface area contributed by atoms with Crippen molar-refractivity contribution in [1.82, 2.24) is 4.90 Å². The molecule has 158 valence electrons. The van der Waals surface area contributed by atoms with Gasteiger partial charge in [0.25, 0.3) is 5.91 Å². The molecule has 30 heavy (non-hydrogen) atoms. The van der Waals surface area contributed by atoms with Crippen molar-refractivity contribution in [2.75, 3.05) is 31.2 Å². The highest BCUT2D eigenvalue weighted by Crippen LogP contribution is 2.39. The van der Waals surface area contributed by atoms with E-state index in [9.17, 15) is 23.1 Å². The molecule has 4 fully saturated rings. The van der Waals surface area contributed by atoms with Gasteiger partial charge < -0.3 is 19.6 Å². The molecule has 4 saturated heterocycles. The van der Waals surface area contributed by atoms with Gasteiger partial charge in [-0.15, -0.1) is 0 Å². The minimum atomic E-state index is -4.34. The van der Waals surface area contributed by atoms with E-state index >= 15 is 0 Å². The van der Waals surface area contributed by atoms with Crippen LogP contribution in [0.15, 0.2) is 48.5 Å². The Labute approximate surface area is 171 Å². The molecule has 4 heterocycles. The Kier molecular flexibility index (Phi) is 4.34. The number of ether oxygens (including phenoxy) is 1. The first-order chi connectivity index (χ1) is 14.2. The molecule has 1 N–H and O–H groups in total. The van der Waals surface area contributed by atoms with E-state index in [4.69, 9.17) is 4.74 Å². The van der Waals surface area contributed by atoms with Gasteiger partial charge in [0.1, 0.15) is 5.60 Å². The van der Waals surface area contributed by atoms with Crippen LogP contribution >= 0.6 is 0 Å². The van der Waals surface area contributed by atoms with E-state index in [0.717, 1.165) is 29.8 Å². The number of hydrogen-bond acceptors (Lipinski definition) is 4. The van der Waals surface area contributed by atoms with Crippen LogP contribution in [-0.4, -0.2) is 54.3 Å². The van der Waals surface area contributed by atoms with Crippen molar-refractivity contribution in [2.24, 2.45) is 0 Å². The number of alkyl halides is 3. The van der Waals surface area contributed by atoms with Gasteiger partial charge in [0, 0.05) is 36.4 Å². The fraction of sp³-hybridized carbons (Fsp3) is 0.409. The number of halogens is 3. The number of piperazine rings is 1. The van der Waals surface area contributed by atoms with E-state index in [1.165, 1.54) is 12.1 Å². The second-order valence-electron chi connectivity index (χ2n) is 8.31. The molecule has 5 nitrogen and oxygen atoms in total. The molecule has 0 aromatic heterocycles. The number of piperidine rings is 1. The number of amides is 1. The van der Waals surface area contributed by atoms with Crippen LogP contribution < -0.4 is 4.90 Å². The summed E-state index contributed by atoms with van der Waals surface area (Å²) >= 11 is 0. The Morgan fingerprint density at radius 1 is 1.00 bits per heavy atom. The molecule has 1 amide bonds. The Morgan fingerprint density at radius 3 is 2.10 bits per heavy atom. The normalized spacial score (nSPS) is 24.8. The molecule has 2 atom stereocenters. The fourth-order valence-electron chi connectivity index (χ4n) is 4.59. The Balaban J connectivity index is 1.25. The van der Waals surface area contributed by atoms with Gasteiger partial charge in [-0.05, 0) is 48.4 Å². The molecule has 4 aliphatic rings. The van der Waals surface area contributed by atoms with Crippen molar-refractivity contribution >= 4 is 11.6 Å². The van der Waals surface area contributed by atoms with Gasteiger partial charge in [-0.2, -0.15) is 13.2 Å². The summed E-state index contributed by atoms with van der Waals surface area (Å²) < 4.78 is 43.4. The van der Waals surface area contributed by atoms with Crippen LogP contribution in [0.3, 0.4) is 0 Å². The zero-order valence-electron chi connectivity index (χ0n) is 16.1. The number of carbonyl (C=O) groups excluding carboxylic acids is 1. The van der Waals surface area contributed by atoms with Crippen molar-refractivity contribution in [3.8, 4) is 0 Å². The maximum atomic E-state index is 12.9. The van der Waals surface area contributed by atoms with E-state index in [0.29, 0.717) is 18.7 Å². The predicted molar refractivity (Wildman–Crippen MR) is 103 cm³/mol. The Bertz CT molecular complexity index is 943. The molecular weight excluding hydrogens is 397 g/mol. The van der Waals surface area contributed by atoms with Gasteiger partial charge in [-0.3, -0.25) is 4.79 Å². The number of fused-ring (bicyclic) bond motifs is 2. The van der Waals surface area contributed by atoms with Crippen molar-refractivity contribution in [1.29, 1.82) is 0 Å². The standard InChI is InChI=1S/C22H21F3N2O3/c23-22(24,25)16-5-7-17(8-6-16)27-18-9-19(27)11-26(10-18)20(28)14-1-3-15(4-2-14)21(29)12-30-13-21/h1-8,18-19,29H,9-13H2. The number of rotatable bonds is 3. The van der Waals surface area contributed by atoms with Crippen LogP contribution in [0.4, 0.5) is 18.9 Å². The summed E-state index contributed by atoms with van der Waals surface area (Å²) in [6.07, 6.45) is -3.42. The lowest BCUT2D eigenvalue weighted by Gasteiger charge is -2.57. The zero-order chi connectivity index (χ0) is 21.1. The third-order valence-electron chi connectivity index (χ3n) is 6.32. The molecule has 2 aromatic carbocycles. The third kappa shape index (κ3) is 3.15. The number of hydrogen-bond donors (Lipinski definition) is 1. The number of nitrogens with zero attached hydrogens (tertiary/aromatic N) is 2. The fourth-order valence-corrected chi connectivity index (χ4v) is 4.59. The lowest BCUT2D eigenvalue weighted by atomic mass is 9.86. The van der Waals surface area contributed by atoms with Crippen LogP contribution in [0.25, 0.3) is 0 Å². The van der Waals surface area contributed by atoms with Gasteiger partial charge in [0.05, 0.1) is 18.8 Å². The number of anilines is 1. The maximum Gasteiger partial charge on any atom is 0.416 e. The van der Waals surface area contributed by atoms with Gasteiger partial charge >= 0.3 is 6.18 Å². The molecular formula is C22H21F3N2O3. The van der Waals surface area contributed by atoms with Gasteiger partial charge in [0.2, 0.25) is 0 Å². The van der Waals surface area contributed by atoms with E-state index in [1.54, 1.807) is 29.2 Å². The Morgan fingerprint density at radius 2 is 1.60 bits per heavy atom. The second kappa shape index (κ2) is 6.72. The summed E-state index contributed by atoms with van der Waals surface area (Å²) in [4.78, 5) is 16.8. The number of aliphatic hydroxyl groups is 1. The average molecular weight is 418 g/mol. The first-order valence-corrected chi connectivity index (χ1v) is 9.90. The quantitative estimate of drug-likeness (QED) is 0.833. The van der Waals surface area contributed by atoms with Crippen molar-refractivity contribution < 1.29 is 27.8 Å². The predicted octanol–water partition coefficient (Wildman–Crippen LogP) is 3.03. The third-order valence-corrected chi connectivity index (χ3v) is 6.32. The number of carbonyl (C=O) groups is 1. The summed E-state index contributed by atoms with van der Waals surface area (Å²) in [5.74, 6) is -0.0693. The smallest absolute Gasteiger partial charge is 0.380 e. The maximum absolute atomic E-state index is 12.9. The van der Waals surface area contributed by atoms with Crippen molar-refractivity contribution in [3.63, 3.8) is 0 Å². The van der Waals surface area contributed by atoms with E-state index in [1.807, 2.05) is 0 Å². The van der Waals surface area contributed by atoms with Crippen LogP contribution in [0.2, 0.25) is 0 Å². The van der Waals surface area contributed by atoms with Crippen LogP contribution in [0.5, 0.6) is 0 Å². The van der Waals surface area contributed by atoms with Crippen molar-refractivity contribution in [2.45, 2.75) is 30.3 Å². The molecule has 0 saturated carbocycles. The zero-order valence-corrected chi connectivity index (χ0v) is 16.1. The summed E-state index contributed by atoms with van der Waals surface area (Å²) in [6.45, 7) is 1.59. The van der Waals surface area contributed by atoms with Crippen LogP contribution in [0, 0.1) is 0 Å². The summed E-state index contributed by atoms with van der Waals surface area (Å²) in [6, 6.07) is 12.4. The van der Waals surface area contributed by atoms with E-state index < -0.39 is 17.3 Å². The second-order valence-corrected chi connectivity index (χ2v) is 8.31. The first kappa shape index (κ1) is 19.4. The van der Waals surface area contributed by atoms with Gasteiger partial charge in [-0.25, -0.2) is 0 Å². The Hall–Kier alpha value is -2.58. The molecule has 0 spiro atoms. The molecule has 8 heteroatoms. The highest BCUT2D eigenvalue weighted by Gasteiger charge is 2.46. The van der Waals surface area contributed by atoms with Gasteiger partial charge in [-0.1, -0.05) is 12.1 Å². The topological polar surface area (TPSA) is 53.0 Å². The molecule has 0 aliphatic carbocycles. The number of benzene rings is 2. The minimum Gasteiger partial charge on any atom is -0.380 e. The molecule has 6 rings (SSSR count). The molecule has 2 aromatic rings. The highest BCUT2D eigenvalue weighted by atomic mass is 19.4. The van der Waals surface area contributed by atoms with E-state index in [-0.39, 0.29) is 31.2 Å². The first-order valence-electron chi connectivity index (χ1n) is 9.90. The highest BCUT2D eigenvalue weighted by molar-refractivity contribution is 5.94. The van der Waals surface area contributed by atoms with Gasteiger partial charge in [0.15, 0.2) is 0 Å². The van der Waals surface area contributed by atoms with E-state index in [2.05, 4.69) is 4.90 Å². The molecule has 0 radical (unpaired) electrons. The van der Waals surface area contributed by atoms with Crippen LogP contribution in [-0.2, 0) is 16.5 Å². The summed E-state index contributed by atoms with van der Waals surface area (Å²) in [5, 5.41) is 10.3. The SMILES string of the molecule is O=C(c1ccc(C2(O)COC2)cc1)N1CC2CC(C1)N2c1ccc(C(F)(F)F)cc1.